The Morgan fingerprint density at radius 3 is 2.62 bits per heavy atom. The molecule has 2 aromatic rings. The Kier molecular flexibility index (Phi) is 4.04. The SMILES string of the molecule is Cc1nc(-c2cccc(NC3(C(=O)O)CCS(=O)(=O)CC3)c2)no1. The van der Waals surface area contributed by atoms with Crippen molar-refractivity contribution in [3.8, 4) is 11.4 Å². The molecule has 0 amide bonds. The van der Waals surface area contributed by atoms with E-state index in [0.29, 0.717) is 23.0 Å². The summed E-state index contributed by atoms with van der Waals surface area (Å²) < 4.78 is 28.2. The Bertz CT molecular complexity index is 861. The number of hydrogen-bond donors (Lipinski definition) is 2. The van der Waals surface area contributed by atoms with Crippen molar-refractivity contribution in [3.05, 3.63) is 30.2 Å². The lowest BCUT2D eigenvalue weighted by Gasteiger charge is -2.34. The summed E-state index contributed by atoms with van der Waals surface area (Å²) in [6, 6.07) is 6.98. The van der Waals surface area contributed by atoms with Crippen molar-refractivity contribution in [1.29, 1.82) is 0 Å². The molecule has 3 rings (SSSR count). The van der Waals surface area contributed by atoms with Crippen molar-refractivity contribution in [2.75, 3.05) is 16.8 Å². The van der Waals surface area contributed by atoms with Gasteiger partial charge >= 0.3 is 5.97 Å². The number of benzene rings is 1. The third kappa shape index (κ3) is 3.25. The molecule has 0 radical (unpaired) electrons. The smallest absolute Gasteiger partial charge is 0.329 e. The molecule has 128 valence electrons. The molecule has 0 unspecified atom stereocenters. The van der Waals surface area contributed by atoms with Gasteiger partial charge in [0.15, 0.2) is 9.84 Å². The van der Waals surface area contributed by atoms with Gasteiger partial charge in [-0.05, 0) is 25.0 Å². The van der Waals surface area contributed by atoms with Crippen molar-refractivity contribution in [2.45, 2.75) is 25.3 Å². The predicted molar refractivity (Wildman–Crippen MR) is 86.3 cm³/mol. The first-order valence-corrected chi connectivity index (χ1v) is 9.25. The first kappa shape index (κ1) is 16.4. The number of carboxylic acid groups (broad SMARTS) is 1. The fourth-order valence-corrected chi connectivity index (χ4v) is 4.23. The predicted octanol–water partition coefficient (Wildman–Crippen LogP) is 1.49. The molecule has 1 fully saturated rings. The van der Waals surface area contributed by atoms with Gasteiger partial charge in [-0.15, -0.1) is 0 Å². The minimum absolute atomic E-state index is 0.0240. The quantitative estimate of drug-likeness (QED) is 0.849. The zero-order valence-corrected chi connectivity index (χ0v) is 13.8. The number of carboxylic acids is 1. The summed E-state index contributed by atoms with van der Waals surface area (Å²) in [6.07, 6.45) is 0.0480. The number of nitrogens with zero attached hydrogens (tertiary/aromatic N) is 2. The number of rotatable bonds is 4. The van der Waals surface area contributed by atoms with E-state index in [1.54, 1.807) is 31.2 Å². The first-order valence-electron chi connectivity index (χ1n) is 7.42. The number of hydrogen-bond acceptors (Lipinski definition) is 7. The molecule has 0 saturated carbocycles. The van der Waals surface area contributed by atoms with E-state index in [0.717, 1.165) is 0 Å². The van der Waals surface area contributed by atoms with Gasteiger partial charge in [-0.3, -0.25) is 0 Å². The number of aromatic nitrogens is 2. The minimum atomic E-state index is -3.16. The molecule has 0 atom stereocenters. The van der Waals surface area contributed by atoms with Gasteiger partial charge in [0, 0.05) is 18.2 Å². The molecule has 1 aliphatic rings. The molecule has 9 heteroatoms. The number of aliphatic carboxylic acids is 1. The second-order valence-corrected chi connectivity index (χ2v) is 8.19. The van der Waals surface area contributed by atoms with Crippen LogP contribution in [0, 0.1) is 6.92 Å². The van der Waals surface area contributed by atoms with Crippen LogP contribution in [0.1, 0.15) is 18.7 Å². The summed E-state index contributed by atoms with van der Waals surface area (Å²) in [6.45, 7) is 1.68. The van der Waals surface area contributed by atoms with Gasteiger partial charge in [0.2, 0.25) is 11.7 Å². The number of sulfone groups is 1. The normalized spacial score (nSPS) is 18.9. The van der Waals surface area contributed by atoms with Crippen LogP contribution in [0.3, 0.4) is 0 Å². The zero-order valence-electron chi connectivity index (χ0n) is 13.0. The van der Waals surface area contributed by atoms with Crippen LogP contribution in [0.25, 0.3) is 11.4 Å². The van der Waals surface area contributed by atoms with E-state index in [2.05, 4.69) is 15.5 Å². The maximum atomic E-state index is 11.8. The highest BCUT2D eigenvalue weighted by molar-refractivity contribution is 7.91. The second kappa shape index (κ2) is 5.90. The molecule has 0 bridgehead atoms. The Morgan fingerprint density at radius 2 is 2.04 bits per heavy atom. The van der Waals surface area contributed by atoms with Crippen LogP contribution in [0.2, 0.25) is 0 Å². The average Bonchev–Trinajstić information content (AvgIpc) is 2.96. The molecular formula is C15H17N3O5S. The average molecular weight is 351 g/mol. The summed E-state index contributed by atoms with van der Waals surface area (Å²) in [5, 5.41) is 16.4. The second-order valence-electron chi connectivity index (χ2n) is 5.88. The maximum Gasteiger partial charge on any atom is 0.329 e. The molecular weight excluding hydrogens is 334 g/mol. The monoisotopic (exact) mass is 351 g/mol. The van der Waals surface area contributed by atoms with Gasteiger partial charge in [-0.2, -0.15) is 4.98 Å². The van der Waals surface area contributed by atoms with Crippen LogP contribution in [0.5, 0.6) is 0 Å². The highest BCUT2D eigenvalue weighted by Crippen LogP contribution is 2.30. The summed E-state index contributed by atoms with van der Waals surface area (Å²) in [5.41, 5.74) is -0.0469. The van der Waals surface area contributed by atoms with Crippen LogP contribution < -0.4 is 5.32 Å². The molecule has 0 aliphatic carbocycles. The third-order valence-electron chi connectivity index (χ3n) is 4.12. The Labute approximate surface area is 138 Å². The number of aryl methyl sites for hydroxylation is 1. The van der Waals surface area contributed by atoms with Gasteiger partial charge in [0.1, 0.15) is 5.54 Å². The van der Waals surface area contributed by atoms with E-state index in [4.69, 9.17) is 4.52 Å². The summed E-state index contributed by atoms with van der Waals surface area (Å²) in [5.74, 6) is -0.501. The lowest BCUT2D eigenvalue weighted by molar-refractivity contribution is -0.142. The molecule has 2 N–H and O–H groups in total. The Balaban J connectivity index is 1.87. The van der Waals surface area contributed by atoms with Crippen molar-refractivity contribution < 1.29 is 22.8 Å². The van der Waals surface area contributed by atoms with Crippen molar-refractivity contribution in [3.63, 3.8) is 0 Å². The lowest BCUT2D eigenvalue weighted by Crippen LogP contribution is -2.51. The van der Waals surface area contributed by atoms with Crippen LogP contribution >= 0.6 is 0 Å². The summed E-state index contributed by atoms with van der Waals surface area (Å²) in [7, 11) is -3.16. The van der Waals surface area contributed by atoms with Crippen LogP contribution in [0.15, 0.2) is 28.8 Å². The standard InChI is InChI=1S/C15H17N3O5S/c1-10-16-13(18-23-10)11-3-2-4-12(9-11)17-15(14(19)20)5-7-24(21,22)8-6-15/h2-4,9,17H,5-8H2,1H3,(H,19,20). The van der Waals surface area contributed by atoms with Gasteiger partial charge in [-0.1, -0.05) is 17.3 Å². The highest BCUT2D eigenvalue weighted by Gasteiger charge is 2.43. The topological polar surface area (TPSA) is 122 Å². The number of anilines is 1. The molecule has 8 nitrogen and oxygen atoms in total. The zero-order chi connectivity index (χ0) is 17.4. The molecule has 1 aromatic heterocycles. The summed E-state index contributed by atoms with van der Waals surface area (Å²) >= 11 is 0. The highest BCUT2D eigenvalue weighted by atomic mass is 32.2. The summed E-state index contributed by atoms with van der Waals surface area (Å²) in [4.78, 5) is 15.9. The minimum Gasteiger partial charge on any atom is -0.480 e. The molecule has 2 heterocycles. The van der Waals surface area contributed by atoms with E-state index in [-0.39, 0.29) is 24.3 Å². The van der Waals surface area contributed by atoms with Gasteiger partial charge < -0.3 is 14.9 Å². The van der Waals surface area contributed by atoms with Crippen molar-refractivity contribution in [1.82, 2.24) is 10.1 Å². The van der Waals surface area contributed by atoms with Crippen LogP contribution in [0.4, 0.5) is 5.69 Å². The largest absolute Gasteiger partial charge is 0.480 e. The number of nitrogens with one attached hydrogen (secondary N) is 1. The van der Waals surface area contributed by atoms with E-state index in [1.807, 2.05) is 0 Å². The van der Waals surface area contributed by atoms with Crippen molar-refractivity contribution >= 4 is 21.5 Å². The Morgan fingerprint density at radius 1 is 1.33 bits per heavy atom. The van der Waals surface area contributed by atoms with Gasteiger partial charge in [-0.25, -0.2) is 13.2 Å². The van der Waals surface area contributed by atoms with Gasteiger partial charge in [0.05, 0.1) is 11.5 Å². The van der Waals surface area contributed by atoms with E-state index >= 15 is 0 Å². The Hall–Kier alpha value is -2.42. The lowest BCUT2D eigenvalue weighted by atomic mass is 9.91. The van der Waals surface area contributed by atoms with E-state index in [1.165, 1.54) is 0 Å². The molecule has 0 spiro atoms. The van der Waals surface area contributed by atoms with Crippen molar-refractivity contribution in [2.24, 2.45) is 0 Å². The molecule has 24 heavy (non-hydrogen) atoms. The number of carbonyl (C=O) groups is 1. The molecule has 1 aliphatic heterocycles. The fourth-order valence-electron chi connectivity index (χ4n) is 2.71. The maximum absolute atomic E-state index is 11.8. The molecule has 1 aromatic carbocycles. The van der Waals surface area contributed by atoms with E-state index < -0.39 is 21.3 Å². The van der Waals surface area contributed by atoms with Gasteiger partial charge in [0.25, 0.3) is 0 Å². The third-order valence-corrected chi connectivity index (χ3v) is 5.77. The van der Waals surface area contributed by atoms with E-state index in [9.17, 15) is 18.3 Å². The first-order chi connectivity index (χ1) is 11.3. The molecule has 1 saturated heterocycles. The fraction of sp³-hybridized carbons (Fsp3) is 0.400. The van der Waals surface area contributed by atoms with Crippen LogP contribution in [-0.4, -0.2) is 46.7 Å². The van der Waals surface area contributed by atoms with Crippen LogP contribution in [-0.2, 0) is 14.6 Å².